The molecule has 0 saturated heterocycles. The van der Waals surface area contributed by atoms with Crippen molar-refractivity contribution in [3.8, 4) is 5.75 Å². The number of ether oxygens (including phenoxy) is 1. The highest BCUT2D eigenvalue weighted by atomic mass is 35.5. The zero-order valence-corrected chi connectivity index (χ0v) is 7.43. The first-order valence-electron chi connectivity index (χ1n) is 3.32. The lowest BCUT2D eigenvalue weighted by molar-refractivity contribution is 0.0693. The molecule has 0 bridgehead atoms. The van der Waals surface area contributed by atoms with E-state index in [2.05, 4.69) is 4.74 Å². The SMILES string of the molecule is COc1cc(F)c(Cl)cc1C(=O)O. The van der Waals surface area contributed by atoms with E-state index < -0.39 is 11.8 Å². The molecule has 1 rings (SSSR count). The summed E-state index contributed by atoms with van der Waals surface area (Å²) in [6.45, 7) is 0. The van der Waals surface area contributed by atoms with Crippen LogP contribution < -0.4 is 4.74 Å². The van der Waals surface area contributed by atoms with Crippen LogP contribution in [0.3, 0.4) is 0 Å². The number of carboxylic acids is 1. The van der Waals surface area contributed by atoms with Crippen LogP contribution in [-0.2, 0) is 0 Å². The zero-order chi connectivity index (χ0) is 10.0. The number of carbonyl (C=O) groups is 1. The van der Waals surface area contributed by atoms with Crippen molar-refractivity contribution in [2.75, 3.05) is 7.11 Å². The van der Waals surface area contributed by atoms with Gasteiger partial charge in [-0.1, -0.05) is 11.6 Å². The summed E-state index contributed by atoms with van der Waals surface area (Å²) >= 11 is 5.39. The van der Waals surface area contributed by atoms with Crippen LogP contribution in [0.5, 0.6) is 5.75 Å². The highest BCUT2D eigenvalue weighted by Crippen LogP contribution is 2.25. The van der Waals surface area contributed by atoms with Gasteiger partial charge < -0.3 is 9.84 Å². The molecule has 1 aromatic rings. The van der Waals surface area contributed by atoms with Crippen molar-refractivity contribution in [1.29, 1.82) is 0 Å². The van der Waals surface area contributed by atoms with Gasteiger partial charge in [-0.05, 0) is 6.07 Å². The number of aromatic carboxylic acids is 1. The van der Waals surface area contributed by atoms with Crippen molar-refractivity contribution >= 4 is 17.6 Å². The number of methoxy groups -OCH3 is 1. The van der Waals surface area contributed by atoms with Crippen molar-refractivity contribution in [2.24, 2.45) is 0 Å². The molecule has 0 heterocycles. The minimum absolute atomic E-state index is 0.0469. The molecule has 0 aromatic heterocycles. The van der Waals surface area contributed by atoms with Gasteiger partial charge in [-0.15, -0.1) is 0 Å². The predicted molar refractivity (Wildman–Crippen MR) is 44.9 cm³/mol. The topological polar surface area (TPSA) is 46.5 Å². The monoisotopic (exact) mass is 204 g/mol. The molecule has 3 nitrogen and oxygen atoms in total. The van der Waals surface area contributed by atoms with E-state index in [1.807, 2.05) is 0 Å². The lowest BCUT2D eigenvalue weighted by Gasteiger charge is -2.05. The minimum atomic E-state index is -1.21. The summed E-state index contributed by atoms with van der Waals surface area (Å²) in [5.74, 6) is -1.96. The Bertz CT molecular complexity index is 351. The van der Waals surface area contributed by atoms with Gasteiger partial charge in [0.05, 0.1) is 12.1 Å². The standard InChI is InChI=1S/C8H6ClFO3/c1-13-7-3-6(10)5(9)2-4(7)8(11)12/h2-3H,1H3,(H,11,12). The molecule has 0 saturated carbocycles. The van der Waals surface area contributed by atoms with E-state index in [1.165, 1.54) is 7.11 Å². The molecule has 0 aliphatic rings. The van der Waals surface area contributed by atoms with Gasteiger partial charge in [0.15, 0.2) is 0 Å². The second-order valence-electron chi connectivity index (χ2n) is 2.27. The number of benzene rings is 1. The molecule has 0 spiro atoms. The van der Waals surface area contributed by atoms with Gasteiger partial charge in [0.25, 0.3) is 0 Å². The fraction of sp³-hybridized carbons (Fsp3) is 0.125. The third kappa shape index (κ3) is 1.89. The Morgan fingerprint density at radius 2 is 2.23 bits per heavy atom. The molecular formula is C8H6ClFO3. The summed E-state index contributed by atoms with van der Waals surface area (Å²) in [5, 5.41) is 8.41. The van der Waals surface area contributed by atoms with Gasteiger partial charge in [0, 0.05) is 6.07 Å². The summed E-state index contributed by atoms with van der Waals surface area (Å²) in [6, 6.07) is 1.95. The maximum atomic E-state index is 12.8. The Morgan fingerprint density at radius 3 is 2.69 bits per heavy atom. The fourth-order valence-electron chi connectivity index (χ4n) is 0.865. The molecule has 70 valence electrons. The van der Waals surface area contributed by atoms with Crippen LogP contribution in [0.15, 0.2) is 12.1 Å². The number of rotatable bonds is 2. The van der Waals surface area contributed by atoms with Crippen LogP contribution in [0.2, 0.25) is 5.02 Å². The molecule has 1 N–H and O–H groups in total. The van der Waals surface area contributed by atoms with E-state index in [0.717, 1.165) is 12.1 Å². The Kier molecular flexibility index (Phi) is 2.72. The number of hydrogen-bond acceptors (Lipinski definition) is 2. The van der Waals surface area contributed by atoms with Crippen molar-refractivity contribution in [3.63, 3.8) is 0 Å². The number of halogens is 2. The smallest absolute Gasteiger partial charge is 0.339 e. The van der Waals surface area contributed by atoms with E-state index in [0.29, 0.717) is 0 Å². The highest BCUT2D eigenvalue weighted by molar-refractivity contribution is 6.31. The molecule has 0 aliphatic heterocycles. The van der Waals surface area contributed by atoms with Crippen LogP contribution in [0, 0.1) is 5.82 Å². The van der Waals surface area contributed by atoms with Crippen LogP contribution in [0.4, 0.5) is 4.39 Å². The fourth-order valence-corrected chi connectivity index (χ4v) is 1.03. The number of carboxylic acid groups (broad SMARTS) is 1. The third-order valence-electron chi connectivity index (χ3n) is 1.47. The maximum Gasteiger partial charge on any atom is 0.339 e. The van der Waals surface area contributed by atoms with Gasteiger partial charge >= 0.3 is 5.97 Å². The maximum absolute atomic E-state index is 12.8. The van der Waals surface area contributed by atoms with Gasteiger partial charge in [-0.2, -0.15) is 0 Å². The van der Waals surface area contributed by atoms with Crippen LogP contribution in [0.1, 0.15) is 10.4 Å². The van der Waals surface area contributed by atoms with E-state index in [9.17, 15) is 9.18 Å². The molecule has 1 aromatic carbocycles. The van der Waals surface area contributed by atoms with Crippen molar-refractivity contribution < 1.29 is 19.0 Å². The summed E-state index contributed by atoms with van der Waals surface area (Å²) < 4.78 is 17.5. The van der Waals surface area contributed by atoms with Gasteiger partial charge in [0.1, 0.15) is 17.1 Å². The Morgan fingerprint density at radius 1 is 1.62 bits per heavy atom. The first kappa shape index (κ1) is 9.80. The number of hydrogen-bond donors (Lipinski definition) is 1. The third-order valence-corrected chi connectivity index (χ3v) is 1.76. The highest BCUT2D eigenvalue weighted by Gasteiger charge is 2.14. The second kappa shape index (κ2) is 3.62. The van der Waals surface area contributed by atoms with E-state index in [1.54, 1.807) is 0 Å². The van der Waals surface area contributed by atoms with Gasteiger partial charge in [0.2, 0.25) is 0 Å². The van der Waals surface area contributed by atoms with Crippen molar-refractivity contribution in [2.45, 2.75) is 0 Å². The molecule has 0 radical (unpaired) electrons. The zero-order valence-electron chi connectivity index (χ0n) is 6.67. The molecule has 0 amide bonds. The molecule has 0 unspecified atom stereocenters. The molecule has 13 heavy (non-hydrogen) atoms. The summed E-state index contributed by atoms with van der Waals surface area (Å²) in [4.78, 5) is 10.6. The molecule has 0 aliphatic carbocycles. The average molecular weight is 205 g/mol. The molecule has 0 fully saturated rings. The summed E-state index contributed by atoms with van der Waals surface area (Å²) in [7, 11) is 1.26. The normalized spacial score (nSPS) is 9.77. The van der Waals surface area contributed by atoms with E-state index in [4.69, 9.17) is 16.7 Å². The largest absolute Gasteiger partial charge is 0.496 e. The van der Waals surface area contributed by atoms with Gasteiger partial charge in [-0.25, -0.2) is 9.18 Å². The van der Waals surface area contributed by atoms with E-state index >= 15 is 0 Å². The lowest BCUT2D eigenvalue weighted by atomic mass is 10.2. The Labute approximate surface area is 78.7 Å². The average Bonchev–Trinajstić information content (AvgIpc) is 2.08. The second-order valence-corrected chi connectivity index (χ2v) is 2.68. The van der Waals surface area contributed by atoms with Gasteiger partial charge in [-0.3, -0.25) is 0 Å². The van der Waals surface area contributed by atoms with Crippen molar-refractivity contribution in [1.82, 2.24) is 0 Å². The quantitative estimate of drug-likeness (QED) is 0.803. The minimum Gasteiger partial charge on any atom is -0.496 e. The van der Waals surface area contributed by atoms with Crippen LogP contribution in [0.25, 0.3) is 0 Å². The van der Waals surface area contributed by atoms with Crippen LogP contribution in [-0.4, -0.2) is 18.2 Å². The van der Waals surface area contributed by atoms with E-state index in [-0.39, 0.29) is 16.3 Å². The first-order valence-corrected chi connectivity index (χ1v) is 3.70. The molecular weight excluding hydrogens is 199 g/mol. The molecule has 5 heteroatoms. The Hall–Kier alpha value is -1.29. The Balaban J connectivity index is 3.33. The summed E-state index contributed by atoms with van der Waals surface area (Å²) in [6.07, 6.45) is 0. The lowest BCUT2D eigenvalue weighted by Crippen LogP contribution is -2.01. The predicted octanol–water partition coefficient (Wildman–Crippen LogP) is 2.19. The van der Waals surface area contributed by atoms with Crippen molar-refractivity contribution in [3.05, 3.63) is 28.5 Å². The molecule has 0 atom stereocenters. The first-order chi connectivity index (χ1) is 6.06. The van der Waals surface area contributed by atoms with Crippen LogP contribution >= 0.6 is 11.6 Å². The summed E-state index contributed by atoms with van der Waals surface area (Å²) in [5.41, 5.74) is -0.158.